The van der Waals surface area contributed by atoms with Crippen LogP contribution in [0.3, 0.4) is 0 Å². The van der Waals surface area contributed by atoms with Gasteiger partial charge in [-0.25, -0.2) is 0 Å². The fourth-order valence-corrected chi connectivity index (χ4v) is 0.764. The third kappa shape index (κ3) is 7.37. The van der Waals surface area contributed by atoms with Gasteiger partial charge in [0.1, 0.15) is 0 Å². The molecule has 0 radical (unpaired) electrons. The first-order chi connectivity index (χ1) is 6.20. The van der Waals surface area contributed by atoms with Crippen LogP contribution in [0.5, 0.6) is 0 Å². The molecule has 0 aliphatic rings. The van der Waals surface area contributed by atoms with Crippen LogP contribution in [0.1, 0.15) is 20.3 Å². The van der Waals surface area contributed by atoms with Gasteiger partial charge in [0.05, 0.1) is 12.8 Å². The summed E-state index contributed by atoms with van der Waals surface area (Å²) in [5, 5.41) is 0. The van der Waals surface area contributed by atoms with Crippen molar-refractivity contribution in [1.82, 2.24) is 4.90 Å². The second-order valence-corrected chi connectivity index (χ2v) is 2.97. The van der Waals surface area contributed by atoms with E-state index in [1.54, 1.807) is 6.21 Å². The van der Waals surface area contributed by atoms with Gasteiger partial charge >= 0.3 is 0 Å². The van der Waals surface area contributed by atoms with E-state index in [0.717, 1.165) is 25.3 Å². The molecule has 0 aliphatic heterocycles. The molecule has 3 heteroatoms. The number of rotatable bonds is 6. The van der Waals surface area contributed by atoms with E-state index in [2.05, 4.69) is 11.9 Å². The van der Waals surface area contributed by atoms with Gasteiger partial charge in [-0.2, -0.15) is 0 Å². The molecule has 0 rings (SSSR count). The average Bonchev–Trinajstić information content (AvgIpc) is 2.09. The van der Waals surface area contributed by atoms with Crippen molar-refractivity contribution >= 4 is 6.21 Å². The summed E-state index contributed by atoms with van der Waals surface area (Å²) in [5.74, 6) is 0.828. The molecule has 0 aromatic heterocycles. The molecule has 0 saturated carbocycles. The van der Waals surface area contributed by atoms with E-state index < -0.39 is 0 Å². The molecule has 13 heavy (non-hydrogen) atoms. The fourth-order valence-electron chi connectivity index (χ4n) is 0.764. The lowest BCUT2D eigenvalue weighted by Gasteiger charge is -2.09. The first-order valence-electron chi connectivity index (χ1n) is 4.71. The third-order valence-electron chi connectivity index (χ3n) is 1.26. The molecule has 76 valence electrons. The van der Waals surface area contributed by atoms with Gasteiger partial charge < -0.3 is 9.64 Å². The van der Waals surface area contributed by atoms with Crippen LogP contribution in [0.25, 0.3) is 0 Å². The second kappa shape index (κ2) is 7.65. The average molecular weight is 184 g/mol. The largest absolute Gasteiger partial charge is 0.490 e. The highest BCUT2D eigenvalue weighted by Gasteiger charge is 1.93. The molecule has 0 fully saturated rings. The first-order valence-corrected chi connectivity index (χ1v) is 4.71. The molecule has 3 nitrogen and oxygen atoms in total. The maximum atomic E-state index is 5.47. The molecule has 0 unspecified atom stereocenters. The van der Waals surface area contributed by atoms with Gasteiger partial charge in [0.15, 0.2) is 5.76 Å². The highest BCUT2D eigenvalue weighted by Crippen LogP contribution is 1.96. The van der Waals surface area contributed by atoms with Crippen molar-refractivity contribution in [2.24, 2.45) is 4.99 Å². The molecular weight excluding hydrogens is 164 g/mol. The van der Waals surface area contributed by atoms with Crippen molar-refractivity contribution in [2.75, 3.05) is 27.2 Å². The normalized spacial score (nSPS) is 12.2. The van der Waals surface area contributed by atoms with E-state index in [0.29, 0.717) is 0 Å². The van der Waals surface area contributed by atoms with Crippen LogP contribution < -0.4 is 0 Å². The van der Waals surface area contributed by atoms with Crippen molar-refractivity contribution in [3.8, 4) is 0 Å². The lowest BCUT2D eigenvalue weighted by atomic mass is 10.5. The maximum Gasteiger partial charge on any atom is 0.152 e. The summed E-state index contributed by atoms with van der Waals surface area (Å²) < 4.78 is 5.47. The van der Waals surface area contributed by atoms with Gasteiger partial charge in [-0.05, 0) is 13.3 Å². The molecule has 0 N–H and O–H groups in total. The Balaban J connectivity index is 4.10. The number of hydrogen-bond donors (Lipinski definition) is 0. The zero-order valence-corrected chi connectivity index (χ0v) is 9.08. The van der Waals surface area contributed by atoms with Crippen molar-refractivity contribution < 1.29 is 4.74 Å². The van der Waals surface area contributed by atoms with E-state index in [1.165, 1.54) is 0 Å². The van der Waals surface area contributed by atoms with Crippen molar-refractivity contribution in [1.29, 1.82) is 0 Å². The number of allylic oxidation sites excluding steroid dienone is 1. The van der Waals surface area contributed by atoms with E-state index in [4.69, 9.17) is 4.74 Å². The Hall–Kier alpha value is -0.990. The van der Waals surface area contributed by atoms with Crippen LogP contribution >= 0.6 is 0 Å². The van der Waals surface area contributed by atoms with E-state index in [9.17, 15) is 0 Å². The van der Waals surface area contributed by atoms with Gasteiger partial charge in [0.2, 0.25) is 0 Å². The molecule has 0 aromatic carbocycles. The van der Waals surface area contributed by atoms with E-state index in [-0.39, 0.29) is 0 Å². The molecule has 0 saturated heterocycles. The Morgan fingerprint density at radius 1 is 1.38 bits per heavy atom. The van der Waals surface area contributed by atoms with Gasteiger partial charge in [0.25, 0.3) is 0 Å². The van der Waals surface area contributed by atoms with E-state index in [1.807, 2.05) is 32.1 Å². The minimum atomic E-state index is 0.745. The zero-order chi connectivity index (χ0) is 10.1. The summed E-state index contributed by atoms with van der Waals surface area (Å²) >= 11 is 0. The molecule has 0 atom stereocenters. The van der Waals surface area contributed by atoms with Gasteiger partial charge in [-0.3, -0.25) is 4.99 Å². The fraction of sp³-hybridized carbons (Fsp3) is 0.700. The summed E-state index contributed by atoms with van der Waals surface area (Å²) in [4.78, 5) is 6.08. The summed E-state index contributed by atoms with van der Waals surface area (Å²) in [6, 6.07) is 0. The van der Waals surface area contributed by atoms with Crippen LogP contribution in [0, 0.1) is 0 Å². The van der Waals surface area contributed by atoms with E-state index >= 15 is 0 Å². The van der Waals surface area contributed by atoms with Gasteiger partial charge in [0, 0.05) is 26.8 Å². The zero-order valence-electron chi connectivity index (χ0n) is 9.08. The van der Waals surface area contributed by atoms with Gasteiger partial charge in [-0.15, -0.1) is 0 Å². The third-order valence-corrected chi connectivity index (χ3v) is 1.26. The minimum absolute atomic E-state index is 0.745. The Kier molecular flexibility index (Phi) is 7.07. The summed E-state index contributed by atoms with van der Waals surface area (Å²) in [5.41, 5.74) is 0. The van der Waals surface area contributed by atoms with Crippen LogP contribution in [0.4, 0.5) is 0 Å². The summed E-state index contributed by atoms with van der Waals surface area (Å²) in [6.07, 6.45) is 4.72. The topological polar surface area (TPSA) is 24.8 Å². The van der Waals surface area contributed by atoms with Crippen LogP contribution in [0.2, 0.25) is 0 Å². The lowest BCUT2D eigenvalue weighted by molar-refractivity contribution is 0.227. The first kappa shape index (κ1) is 12.0. The Bertz CT molecular complexity index is 174. The molecule has 0 aliphatic carbocycles. The minimum Gasteiger partial charge on any atom is -0.490 e. The van der Waals surface area contributed by atoms with Crippen molar-refractivity contribution in [2.45, 2.75) is 20.3 Å². The molecule has 0 bridgehead atoms. The Labute approximate surface area is 81.1 Å². The smallest absolute Gasteiger partial charge is 0.152 e. The van der Waals surface area contributed by atoms with Crippen LogP contribution in [-0.4, -0.2) is 38.4 Å². The second-order valence-electron chi connectivity index (χ2n) is 2.97. The molecule has 0 heterocycles. The standard InChI is InChI=1S/C10H20N2O/c1-5-7-13-10(8-11-6-2)9-12(3)4/h8-9H,5-7H2,1-4H3. The molecule has 0 aromatic rings. The lowest BCUT2D eigenvalue weighted by Crippen LogP contribution is -2.06. The predicted molar refractivity (Wildman–Crippen MR) is 57.0 cm³/mol. The van der Waals surface area contributed by atoms with Crippen molar-refractivity contribution in [3.05, 3.63) is 12.0 Å². The highest BCUT2D eigenvalue weighted by molar-refractivity contribution is 5.75. The number of hydrogen-bond acceptors (Lipinski definition) is 3. The number of ether oxygens (including phenoxy) is 1. The molecule has 0 spiro atoms. The predicted octanol–water partition coefficient (Wildman–Crippen LogP) is 1.91. The Morgan fingerprint density at radius 2 is 2.08 bits per heavy atom. The summed E-state index contributed by atoms with van der Waals surface area (Å²) in [6.45, 7) is 5.63. The maximum absolute atomic E-state index is 5.47. The SMILES string of the molecule is CCCOC(C=NCC)=CN(C)C. The monoisotopic (exact) mass is 184 g/mol. The summed E-state index contributed by atoms with van der Waals surface area (Å²) in [7, 11) is 3.93. The van der Waals surface area contributed by atoms with Crippen LogP contribution in [0.15, 0.2) is 17.0 Å². The van der Waals surface area contributed by atoms with Crippen molar-refractivity contribution in [3.63, 3.8) is 0 Å². The highest BCUT2D eigenvalue weighted by atomic mass is 16.5. The number of aliphatic imine (C=N–C) groups is 1. The number of nitrogens with zero attached hydrogens (tertiary/aromatic N) is 2. The quantitative estimate of drug-likeness (QED) is 0.465. The Morgan fingerprint density at radius 3 is 2.54 bits per heavy atom. The van der Waals surface area contributed by atoms with Crippen LogP contribution in [-0.2, 0) is 4.74 Å². The molecule has 0 amide bonds. The molecular formula is C10H20N2O. The van der Waals surface area contributed by atoms with Gasteiger partial charge in [-0.1, -0.05) is 6.92 Å².